The Morgan fingerprint density at radius 3 is 2.52 bits per heavy atom. The Bertz CT molecular complexity index is 620. The van der Waals surface area contributed by atoms with E-state index in [1.54, 1.807) is 4.90 Å². The monoisotopic (exact) mass is 346 g/mol. The van der Waals surface area contributed by atoms with E-state index in [0.717, 1.165) is 11.1 Å². The maximum atomic E-state index is 12.0. The van der Waals surface area contributed by atoms with Crippen molar-refractivity contribution in [3.8, 4) is 0 Å². The van der Waals surface area contributed by atoms with Crippen LogP contribution in [0.1, 0.15) is 32.8 Å². The molecule has 1 aliphatic heterocycles. The molecule has 0 aromatic heterocycles. The lowest BCUT2D eigenvalue weighted by molar-refractivity contribution is 0.0265. The average molecular weight is 346 g/mol. The summed E-state index contributed by atoms with van der Waals surface area (Å²) in [6.07, 6.45) is 1.90. The molecular weight excluding hydrogens is 320 g/mol. The van der Waals surface area contributed by atoms with Crippen molar-refractivity contribution < 1.29 is 19.1 Å². The van der Waals surface area contributed by atoms with E-state index >= 15 is 0 Å². The van der Waals surface area contributed by atoms with Gasteiger partial charge in [0.15, 0.2) is 0 Å². The van der Waals surface area contributed by atoms with Gasteiger partial charge in [-0.1, -0.05) is 42.0 Å². The Hall–Kier alpha value is -2.50. The zero-order chi connectivity index (χ0) is 18.3. The highest BCUT2D eigenvalue weighted by Gasteiger charge is 2.23. The van der Waals surface area contributed by atoms with Crippen LogP contribution in [0.25, 0.3) is 0 Å². The van der Waals surface area contributed by atoms with Crippen molar-refractivity contribution in [1.82, 2.24) is 10.2 Å². The largest absolute Gasteiger partial charge is 0.445 e. The summed E-state index contributed by atoms with van der Waals surface area (Å²) in [6, 6.07) is 9.53. The number of amides is 2. The van der Waals surface area contributed by atoms with Crippen molar-refractivity contribution in [2.24, 2.45) is 0 Å². The van der Waals surface area contributed by atoms with Crippen molar-refractivity contribution >= 4 is 12.2 Å². The lowest BCUT2D eigenvalue weighted by atomic mass is 10.1. The number of hydrogen-bond acceptors (Lipinski definition) is 4. The molecule has 2 amide bonds. The lowest BCUT2D eigenvalue weighted by Gasteiger charge is -2.29. The quantitative estimate of drug-likeness (QED) is 0.848. The van der Waals surface area contributed by atoms with E-state index in [1.807, 2.05) is 57.2 Å². The minimum Gasteiger partial charge on any atom is -0.445 e. The van der Waals surface area contributed by atoms with Crippen LogP contribution in [0.3, 0.4) is 0 Å². The van der Waals surface area contributed by atoms with E-state index in [-0.39, 0.29) is 12.7 Å². The molecule has 1 aromatic carbocycles. The summed E-state index contributed by atoms with van der Waals surface area (Å²) in [4.78, 5) is 25.4. The van der Waals surface area contributed by atoms with Crippen molar-refractivity contribution in [3.63, 3.8) is 0 Å². The van der Waals surface area contributed by atoms with Gasteiger partial charge in [-0.3, -0.25) is 0 Å². The molecule has 0 aliphatic carbocycles. The summed E-state index contributed by atoms with van der Waals surface area (Å²) in [5.74, 6) is 0. The third kappa shape index (κ3) is 6.87. The van der Waals surface area contributed by atoms with Gasteiger partial charge in [0.2, 0.25) is 0 Å². The molecule has 1 aromatic rings. The van der Waals surface area contributed by atoms with Gasteiger partial charge >= 0.3 is 12.2 Å². The van der Waals surface area contributed by atoms with Crippen LogP contribution in [-0.4, -0.2) is 42.3 Å². The Labute approximate surface area is 148 Å². The van der Waals surface area contributed by atoms with Crippen LogP contribution >= 0.6 is 0 Å². The highest BCUT2D eigenvalue weighted by molar-refractivity contribution is 5.69. The van der Waals surface area contributed by atoms with Gasteiger partial charge in [-0.05, 0) is 32.8 Å². The number of carbonyl (C=O) groups excluding carboxylic acids is 2. The third-order valence-corrected chi connectivity index (χ3v) is 3.63. The van der Waals surface area contributed by atoms with Crippen LogP contribution in [-0.2, 0) is 16.1 Å². The van der Waals surface area contributed by atoms with Gasteiger partial charge in [0.1, 0.15) is 12.2 Å². The Balaban J connectivity index is 1.70. The first-order valence-electron chi connectivity index (χ1n) is 8.44. The molecule has 0 unspecified atom stereocenters. The van der Waals surface area contributed by atoms with E-state index in [0.29, 0.717) is 26.1 Å². The molecule has 1 heterocycles. The number of nitrogens with zero attached hydrogens (tertiary/aromatic N) is 1. The zero-order valence-corrected chi connectivity index (χ0v) is 15.1. The van der Waals surface area contributed by atoms with E-state index in [2.05, 4.69) is 5.32 Å². The number of rotatable bonds is 4. The molecule has 0 radical (unpaired) electrons. The summed E-state index contributed by atoms with van der Waals surface area (Å²) in [5, 5.41) is 2.74. The highest BCUT2D eigenvalue weighted by atomic mass is 16.6. The van der Waals surface area contributed by atoms with Crippen LogP contribution < -0.4 is 5.32 Å². The van der Waals surface area contributed by atoms with Crippen molar-refractivity contribution in [2.75, 3.05) is 19.6 Å². The molecule has 1 N–H and O–H groups in total. The minimum atomic E-state index is -0.495. The fourth-order valence-electron chi connectivity index (χ4n) is 2.32. The first kappa shape index (κ1) is 18.8. The molecular formula is C19H26N2O4. The smallest absolute Gasteiger partial charge is 0.410 e. The Kier molecular flexibility index (Phi) is 6.44. The minimum absolute atomic E-state index is 0.248. The summed E-state index contributed by atoms with van der Waals surface area (Å²) < 4.78 is 10.5. The van der Waals surface area contributed by atoms with Gasteiger partial charge in [0.05, 0.1) is 0 Å². The van der Waals surface area contributed by atoms with Crippen LogP contribution in [0.2, 0.25) is 0 Å². The van der Waals surface area contributed by atoms with E-state index in [4.69, 9.17) is 9.47 Å². The van der Waals surface area contributed by atoms with E-state index < -0.39 is 11.7 Å². The fraction of sp³-hybridized carbons (Fsp3) is 0.474. The molecule has 0 saturated carbocycles. The molecule has 6 heteroatoms. The highest BCUT2D eigenvalue weighted by Crippen LogP contribution is 2.15. The second-order valence-electron chi connectivity index (χ2n) is 6.95. The second kappa shape index (κ2) is 8.55. The zero-order valence-electron chi connectivity index (χ0n) is 15.1. The summed E-state index contributed by atoms with van der Waals surface area (Å²) in [6.45, 7) is 7.30. The molecule has 1 aliphatic rings. The van der Waals surface area contributed by atoms with Crippen molar-refractivity contribution in [3.05, 3.63) is 47.5 Å². The second-order valence-corrected chi connectivity index (χ2v) is 6.95. The number of nitrogens with one attached hydrogen (secondary N) is 1. The van der Waals surface area contributed by atoms with Gasteiger partial charge in [-0.2, -0.15) is 0 Å². The third-order valence-electron chi connectivity index (χ3n) is 3.63. The lowest BCUT2D eigenvalue weighted by Crippen LogP contribution is -2.40. The standard InChI is InChI=1S/C19H26N2O4/c1-19(2,3)25-18(23)21-11-9-15(10-12-21)13-20-17(22)24-14-16-7-5-4-6-8-16/h4-9H,10-14H2,1-3H3,(H,20,22). The predicted octanol–water partition coefficient (Wildman–Crippen LogP) is 3.48. The molecule has 0 saturated heterocycles. The number of alkyl carbamates (subject to hydrolysis) is 1. The van der Waals surface area contributed by atoms with Gasteiger partial charge in [0, 0.05) is 19.6 Å². The first-order chi connectivity index (χ1) is 11.8. The van der Waals surface area contributed by atoms with Gasteiger partial charge < -0.3 is 19.7 Å². The molecule has 136 valence electrons. The summed E-state index contributed by atoms with van der Waals surface area (Å²) in [7, 11) is 0. The van der Waals surface area contributed by atoms with Crippen LogP contribution in [0, 0.1) is 0 Å². The van der Waals surface area contributed by atoms with Crippen molar-refractivity contribution in [2.45, 2.75) is 39.4 Å². The van der Waals surface area contributed by atoms with Crippen molar-refractivity contribution in [1.29, 1.82) is 0 Å². The summed E-state index contributed by atoms with van der Waals surface area (Å²) in [5.41, 5.74) is 1.53. The Morgan fingerprint density at radius 2 is 1.92 bits per heavy atom. The van der Waals surface area contributed by atoms with Crippen LogP contribution in [0.15, 0.2) is 42.0 Å². The number of hydrogen-bond donors (Lipinski definition) is 1. The van der Waals surface area contributed by atoms with Crippen LogP contribution in [0.5, 0.6) is 0 Å². The maximum Gasteiger partial charge on any atom is 0.410 e. The molecule has 6 nitrogen and oxygen atoms in total. The molecule has 25 heavy (non-hydrogen) atoms. The molecule has 0 spiro atoms. The van der Waals surface area contributed by atoms with Gasteiger partial charge in [0.25, 0.3) is 0 Å². The molecule has 0 bridgehead atoms. The average Bonchev–Trinajstić information content (AvgIpc) is 2.58. The fourth-order valence-corrected chi connectivity index (χ4v) is 2.32. The predicted molar refractivity (Wildman–Crippen MR) is 95.1 cm³/mol. The normalized spacial score (nSPS) is 14.5. The van der Waals surface area contributed by atoms with Crippen LogP contribution in [0.4, 0.5) is 9.59 Å². The number of ether oxygens (including phenoxy) is 2. The first-order valence-corrected chi connectivity index (χ1v) is 8.44. The summed E-state index contributed by atoms with van der Waals surface area (Å²) >= 11 is 0. The van der Waals surface area contributed by atoms with Gasteiger partial charge in [-0.15, -0.1) is 0 Å². The van der Waals surface area contributed by atoms with Gasteiger partial charge in [-0.25, -0.2) is 9.59 Å². The molecule has 2 rings (SSSR count). The number of carbonyl (C=O) groups is 2. The molecule has 0 atom stereocenters. The topological polar surface area (TPSA) is 67.9 Å². The Morgan fingerprint density at radius 1 is 1.20 bits per heavy atom. The van der Waals surface area contributed by atoms with E-state index in [1.165, 1.54) is 0 Å². The maximum absolute atomic E-state index is 12.0. The number of benzene rings is 1. The SMILES string of the molecule is CC(C)(C)OC(=O)N1CC=C(CNC(=O)OCc2ccccc2)CC1. The van der Waals surface area contributed by atoms with E-state index in [9.17, 15) is 9.59 Å². The molecule has 0 fully saturated rings.